The van der Waals surface area contributed by atoms with Crippen molar-refractivity contribution < 1.29 is 4.79 Å². The van der Waals surface area contributed by atoms with Crippen LogP contribution in [0.3, 0.4) is 0 Å². The molecular weight excluding hydrogens is 326 g/mol. The van der Waals surface area contributed by atoms with Crippen LogP contribution in [-0.4, -0.2) is 60.5 Å². The lowest BCUT2D eigenvalue weighted by atomic mass is 10.2. The summed E-state index contributed by atoms with van der Waals surface area (Å²) in [6.07, 6.45) is 2.01. The van der Waals surface area contributed by atoms with E-state index in [1.807, 2.05) is 36.4 Å². The lowest BCUT2D eigenvalue weighted by molar-refractivity contribution is 0.0948. The molecule has 6 nitrogen and oxygen atoms in total. The number of hydrogen-bond acceptors (Lipinski definition) is 5. The van der Waals surface area contributed by atoms with Crippen LogP contribution >= 0.6 is 0 Å². The predicted octanol–water partition coefficient (Wildman–Crippen LogP) is 2.43. The van der Waals surface area contributed by atoms with E-state index in [0.717, 1.165) is 50.4 Å². The van der Waals surface area contributed by atoms with Gasteiger partial charge in [0.15, 0.2) is 5.82 Å². The Morgan fingerprint density at radius 3 is 2.54 bits per heavy atom. The van der Waals surface area contributed by atoms with E-state index in [-0.39, 0.29) is 5.91 Å². The highest BCUT2D eigenvalue weighted by Gasteiger charge is 2.19. The molecule has 0 aliphatic carbocycles. The second kappa shape index (κ2) is 8.76. The van der Waals surface area contributed by atoms with Crippen LogP contribution in [0, 0.1) is 0 Å². The van der Waals surface area contributed by atoms with Gasteiger partial charge in [0.2, 0.25) is 0 Å². The maximum atomic E-state index is 12.6. The van der Waals surface area contributed by atoms with E-state index in [0.29, 0.717) is 18.1 Å². The van der Waals surface area contributed by atoms with Crippen molar-refractivity contribution in [2.24, 2.45) is 0 Å². The molecular formula is C20H27N5O. The first kappa shape index (κ1) is 18.3. The van der Waals surface area contributed by atoms with Crippen LogP contribution in [0.2, 0.25) is 0 Å². The molecule has 1 amide bonds. The van der Waals surface area contributed by atoms with E-state index in [1.165, 1.54) is 0 Å². The third-order valence-corrected chi connectivity index (χ3v) is 4.62. The minimum Gasteiger partial charge on any atom is -0.354 e. The summed E-state index contributed by atoms with van der Waals surface area (Å²) in [5, 5.41) is 2.96. The number of carbonyl (C=O) groups excluding carboxylic acids is 1. The van der Waals surface area contributed by atoms with E-state index in [4.69, 9.17) is 4.98 Å². The fourth-order valence-corrected chi connectivity index (χ4v) is 2.93. The van der Waals surface area contributed by atoms with Gasteiger partial charge in [-0.1, -0.05) is 43.7 Å². The Morgan fingerprint density at radius 2 is 1.85 bits per heavy atom. The summed E-state index contributed by atoms with van der Waals surface area (Å²) in [4.78, 5) is 26.4. The van der Waals surface area contributed by atoms with Crippen LogP contribution in [0.4, 0.5) is 5.82 Å². The molecule has 0 unspecified atom stereocenters. The average Bonchev–Trinajstić information content (AvgIpc) is 2.69. The monoisotopic (exact) mass is 353 g/mol. The maximum absolute atomic E-state index is 12.6. The fourth-order valence-electron chi connectivity index (χ4n) is 2.93. The molecule has 0 saturated carbocycles. The first-order chi connectivity index (χ1) is 12.7. The van der Waals surface area contributed by atoms with Gasteiger partial charge in [-0.3, -0.25) is 4.79 Å². The first-order valence-electron chi connectivity index (χ1n) is 9.33. The number of likely N-dealkylation sites (N-methyl/N-ethyl adjacent to an activating group) is 1. The van der Waals surface area contributed by atoms with Crippen molar-refractivity contribution in [1.82, 2.24) is 20.2 Å². The second-order valence-corrected chi connectivity index (χ2v) is 6.70. The van der Waals surface area contributed by atoms with E-state index in [2.05, 4.69) is 34.1 Å². The number of carbonyl (C=O) groups is 1. The molecule has 26 heavy (non-hydrogen) atoms. The molecule has 0 spiro atoms. The van der Waals surface area contributed by atoms with Gasteiger partial charge in [0.25, 0.3) is 5.91 Å². The minimum atomic E-state index is -0.131. The molecule has 1 aliphatic rings. The van der Waals surface area contributed by atoms with Gasteiger partial charge in [-0.15, -0.1) is 0 Å². The predicted molar refractivity (Wildman–Crippen MR) is 104 cm³/mol. The normalized spacial score (nSPS) is 15.1. The molecule has 138 valence electrons. The van der Waals surface area contributed by atoms with Crippen LogP contribution < -0.4 is 10.2 Å². The number of amides is 1. The number of hydrogen-bond donors (Lipinski definition) is 1. The van der Waals surface area contributed by atoms with Crippen molar-refractivity contribution in [2.45, 2.75) is 19.8 Å². The Kier molecular flexibility index (Phi) is 6.17. The molecule has 2 heterocycles. The Labute approximate surface area is 155 Å². The van der Waals surface area contributed by atoms with Gasteiger partial charge in [0, 0.05) is 44.4 Å². The zero-order valence-electron chi connectivity index (χ0n) is 15.6. The summed E-state index contributed by atoms with van der Waals surface area (Å²) in [6, 6.07) is 11.7. The number of nitrogens with one attached hydrogen (secondary N) is 1. The van der Waals surface area contributed by atoms with Gasteiger partial charge in [-0.25, -0.2) is 9.97 Å². The van der Waals surface area contributed by atoms with Gasteiger partial charge in [0.05, 0.1) is 0 Å². The topological polar surface area (TPSA) is 61.4 Å². The SMILES string of the molecule is CCCCNC(=O)c1cc(N2CCN(C)CC2)nc(-c2ccccc2)n1. The summed E-state index contributed by atoms with van der Waals surface area (Å²) in [7, 11) is 2.12. The molecule has 1 aliphatic heterocycles. The molecule has 0 bridgehead atoms. The molecule has 1 aromatic heterocycles. The summed E-state index contributed by atoms with van der Waals surface area (Å²) < 4.78 is 0. The number of benzene rings is 1. The highest BCUT2D eigenvalue weighted by Crippen LogP contribution is 2.21. The number of unbranched alkanes of at least 4 members (excludes halogenated alkanes) is 1. The van der Waals surface area contributed by atoms with Crippen molar-refractivity contribution >= 4 is 11.7 Å². The second-order valence-electron chi connectivity index (χ2n) is 6.70. The number of aromatic nitrogens is 2. The Balaban J connectivity index is 1.90. The van der Waals surface area contributed by atoms with Crippen molar-refractivity contribution in [1.29, 1.82) is 0 Å². The first-order valence-corrected chi connectivity index (χ1v) is 9.33. The van der Waals surface area contributed by atoms with Crippen LogP contribution in [0.15, 0.2) is 36.4 Å². The third kappa shape index (κ3) is 4.58. The van der Waals surface area contributed by atoms with E-state index < -0.39 is 0 Å². The summed E-state index contributed by atoms with van der Waals surface area (Å²) >= 11 is 0. The smallest absolute Gasteiger partial charge is 0.270 e. The van der Waals surface area contributed by atoms with Crippen LogP contribution in [0.25, 0.3) is 11.4 Å². The lowest BCUT2D eigenvalue weighted by Gasteiger charge is -2.33. The van der Waals surface area contributed by atoms with Gasteiger partial charge < -0.3 is 15.1 Å². The fraction of sp³-hybridized carbons (Fsp3) is 0.450. The third-order valence-electron chi connectivity index (χ3n) is 4.62. The van der Waals surface area contributed by atoms with Crippen molar-refractivity contribution in [3.8, 4) is 11.4 Å². The largest absolute Gasteiger partial charge is 0.354 e. The van der Waals surface area contributed by atoms with E-state index >= 15 is 0 Å². The molecule has 1 fully saturated rings. The highest BCUT2D eigenvalue weighted by atomic mass is 16.1. The quantitative estimate of drug-likeness (QED) is 0.808. The molecule has 0 radical (unpaired) electrons. The molecule has 1 saturated heterocycles. The molecule has 3 rings (SSSR count). The molecule has 1 aromatic carbocycles. The zero-order valence-corrected chi connectivity index (χ0v) is 15.6. The lowest BCUT2D eigenvalue weighted by Crippen LogP contribution is -2.45. The molecule has 1 N–H and O–H groups in total. The van der Waals surface area contributed by atoms with Gasteiger partial charge in [-0.05, 0) is 13.5 Å². The van der Waals surface area contributed by atoms with Gasteiger partial charge >= 0.3 is 0 Å². The van der Waals surface area contributed by atoms with Crippen molar-refractivity contribution in [3.05, 3.63) is 42.1 Å². The highest BCUT2D eigenvalue weighted by molar-refractivity contribution is 5.93. The van der Waals surface area contributed by atoms with Crippen molar-refractivity contribution in [2.75, 3.05) is 44.7 Å². The van der Waals surface area contributed by atoms with Gasteiger partial charge in [-0.2, -0.15) is 0 Å². The van der Waals surface area contributed by atoms with Crippen LogP contribution in [0.1, 0.15) is 30.3 Å². The van der Waals surface area contributed by atoms with Crippen LogP contribution in [-0.2, 0) is 0 Å². The number of piperazine rings is 1. The minimum absolute atomic E-state index is 0.131. The van der Waals surface area contributed by atoms with E-state index in [9.17, 15) is 4.79 Å². The Bertz CT molecular complexity index is 726. The molecule has 0 atom stereocenters. The molecule has 2 aromatic rings. The number of anilines is 1. The Hall–Kier alpha value is -2.47. The summed E-state index contributed by atoms with van der Waals surface area (Å²) in [6.45, 7) is 6.56. The maximum Gasteiger partial charge on any atom is 0.270 e. The number of nitrogens with zero attached hydrogens (tertiary/aromatic N) is 4. The zero-order chi connectivity index (χ0) is 18.4. The average molecular weight is 353 g/mol. The summed E-state index contributed by atoms with van der Waals surface area (Å²) in [5.74, 6) is 1.30. The van der Waals surface area contributed by atoms with Crippen molar-refractivity contribution in [3.63, 3.8) is 0 Å². The standard InChI is InChI=1S/C20H27N5O/c1-3-4-10-21-20(26)17-15-18(25-13-11-24(2)12-14-25)23-19(22-17)16-8-6-5-7-9-16/h5-9,15H,3-4,10-14H2,1-2H3,(H,21,26). The Morgan fingerprint density at radius 1 is 1.12 bits per heavy atom. The van der Waals surface area contributed by atoms with Crippen LogP contribution in [0.5, 0.6) is 0 Å². The molecule has 6 heteroatoms. The van der Waals surface area contributed by atoms with Gasteiger partial charge in [0.1, 0.15) is 11.5 Å². The number of rotatable bonds is 6. The summed E-state index contributed by atoms with van der Waals surface area (Å²) in [5.41, 5.74) is 1.36. The van der Waals surface area contributed by atoms with E-state index in [1.54, 1.807) is 0 Å².